The molecule has 4 aromatic rings. The molecule has 0 heterocycles. The van der Waals surface area contributed by atoms with E-state index < -0.39 is 108 Å². The first-order chi connectivity index (χ1) is 32.1. The summed E-state index contributed by atoms with van der Waals surface area (Å²) in [6.07, 6.45) is -11.9. The van der Waals surface area contributed by atoms with Crippen molar-refractivity contribution in [3.63, 3.8) is 0 Å². The Morgan fingerprint density at radius 2 is 0.838 bits per heavy atom. The number of hydrogen-bond acceptors (Lipinski definition) is 14. The highest BCUT2D eigenvalue weighted by Crippen LogP contribution is 2.28. The number of guanidine groups is 4. The van der Waals surface area contributed by atoms with Crippen LogP contribution in [0, 0.1) is 21.6 Å². The summed E-state index contributed by atoms with van der Waals surface area (Å²) in [5.41, 5.74) is 33.1. The molecule has 0 radical (unpaired) electrons. The molecule has 4 aromatic carbocycles. The third kappa shape index (κ3) is 14.6. The fraction of sp³-hybridized carbons (Fsp3) is 0.205. The number of fused-ring (bicyclic) bond motifs is 2. The maximum Gasteiger partial charge on any atom is 0.265 e. The van der Waals surface area contributed by atoms with Crippen LogP contribution in [0.25, 0.3) is 21.5 Å². The Labute approximate surface area is 385 Å². The van der Waals surface area contributed by atoms with E-state index in [2.05, 4.69) is 42.5 Å². The van der Waals surface area contributed by atoms with Gasteiger partial charge in [-0.25, -0.2) is 0 Å². The van der Waals surface area contributed by atoms with E-state index in [1.165, 1.54) is 12.1 Å². The van der Waals surface area contributed by atoms with E-state index in [4.69, 9.17) is 56.0 Å². The SMILES string of the molecule is N=C(N)NC(NC(=O)C(NC(=N)N)NC(=O)C(NC(=N)N)NC(=O)C(NC(=N)N)NC(=O)C(NC(=O)C(O)NCc1c2ccccc2cc2ccccc12)c1ccccc1)C(=O)NC(N)C(N)=O. The summed E-state index contributed by atoms with van der Waals surface area (Å²) in [6, 6.07) is 23.1. The molecule has 7 atom stereocenters. The third-order valence-electron chi connectivity index (χ3n) is 9.28. The number of carbonyl (C=O) groups is 7. The van der Waals surface area contributed by atoms with Crippen molar-refractivity contribution >= 4 is 86.7 Å². The monoisotopic (exact) mass is 941 g/mol. The first kappa shape index (κ1) is 51.3. The molecule has 0 aliphatic heterocycles. The number of nitrogens with one attached hydrogen (secondary N) is 15. The van der Waals surface area contributed by atoms with Crippen molar-refractivity contribution in [3.05, 3.63) is 96.1 Å². The Kier molecular flexibility index (Phi) is 17.8. The molecule has 29 nitrogen and oxygen atoms in total. The van der Waals surface area contributed by atoms with Gasteiger partial charge in [-0.05, 0) is 38.7 Å². The van der Waals surface area contributed by atoms with Crippen molar-refractivity contribution in [1.82, 2.24) is 58.5 Å². The zero-order valence-corrected chi connectivity index (χ0v) is 35.6. The lowest BCUT2D eigenvalue weighted by molar-refractivity contribution is -0.137. The minimum atomic E-state index is -2.12. The van der Waals surface area contributed by atoms with Crippen molar-refractivity contribution < 1.29 is 38.7 Å². The quantitative estimate of drug-likeness (QED) is 0.0160. The summed E-state index contributed by atoms with van der Waals surface area (Å²) >= 11 is 0. The molecule has 7 unspecified atom stereocenters. The molecular formula is C39H51N21O8. The van der Waals surface area contributed by atoms with Crippen LogP contribution in [0.4, 0.5) is 0 Å². The largest absolute Gasteiger partial charge is 0.370 e. The van der Waals surface area contributed by atoms with Crippen LogP contribution in [-0.4, -0.2) is 107 Å². The van der Waals surface area contributed by atoms with Crippen LogP contribution >= 0.6 is 0 Å². The van der Waals surface area contributed by atoms with Crippen LogP contribution < -0.4 is 92.9 Å². The molecule has 360 valence electrons. The molecule has 0 aliphatic carbocycles. The fourth-order valence-electron chi connectivity index (χ4n) is 6.26. The van der Waals surface area contributed by atoms with E-state index >= 15 is 0 Å². The maximum absolute atomic E-state index is 14.0. The molecule has 0 aliphatic rings. The van der Waals surface area contributed by atoms with Crippen LogP contribution in [-0.2, 0) is 40.1 Å². The minimum absolute atomic E-state index is 0.0189. The normalized spacial score (nSPS) is 13.8. The second kappa shape index (κ2) is 23.5. The Morgan fingerprint density at radius 1 is 0.471 bits per heavy atom. The number of primary amides is 1. The van der Waals surface area contributed by atoms with Gasteiger partial charge < -0.3 is 92.7 Å². The van der Waals surface area contributed by atoms with E-state index in [0.717, 1.165) is 27.1 Å². The number of aliphatic hydroxyl groups excluding tert-OH is 1. The number of amides is 7. The zero-order valence-electron chi connectivity index (χ0n) is 35.6. The Balaban J connectivity index is 1.53. The maximum atomic E-state index is 14.0. The summed E-state index contributed by atoms with van der Waals surface area (Å²) < 4.78 is 0. The Morgan fingerprint density at radius 3 is 1.24 bits per heavy atom. The second-order valence-corrected chi connectivity index (χ2v) is 14.3. The molecule has 0 aromatic heterocycles. The lowest BCUT2D eigenvalue weighted by Gasteiger charge is -2.28. The minimum Gasteiger partial charge on any atom is -0.370 e. The summed E-state index contributed by atoms with van der Waals surface area (Å²) in [6.45, 7) is 0.0189. The van der Waals surface area contributed by atoms with Gasteiger partial charge in [0.05, 0.1) is 0 Å². The Bertz CT molecular complexity index is 2540. The second-order valence-electron chi connectivity index (χ2n) is 14.3. The fourth-order valence-corrected chi connectivity index (χ4v) is 6.26. The molecule has 0 fully saturated rings. The lowest BCUT2D eigenvalue weighted by atomic mass is 9.97. The van der Waals surface area contributed by atoms with Crippen molar-refractivity contribution in [3.8, 4) is 0 Å². The van der Waals surface area contributed by atoms with Gasteiger partial charge in [0, 0.05) is 6.54 Å². The van der Waals surface area contributed by atoms with Gasteiger partial charge in [0.1, 0.15) is 6.04 Å². The summed E-state index contributed by atoms with van der Waals surface area (Å²) in [5.74, 6) is -12.4. The summed E-state index contributed by atoms with van der Waals surface area (Å²) in [5, 5.41) is 69.2. The topological polar surface area (TPSA) is 524 Å². The number of benzene rings is 4. The predicted octanol–water partition coefficient (Wildman–Crippen LogP) is -7.15. The van der Waals surface area contributed by atoms with E-state index in [0.29, 0.717) is 0 Å². The van der Waals surface area contributed by atoms with Gasteiger partial charge >= 0.3 is 0 Å². The number of hydrogen-bond donors (Lipinski definition) is 22. The van der Waals surface area contributed by atoms with Crippen LogP contribution in [0.5, 0.6) is 0 Å². The molecule has 28 N–H and O–H groups in total. The highest BCUT2D eigenvalue weighted by Gasteiger charge is 2.35. The van der Waals surface area contributed by atoms with Crippen LogP contribution in [0.2, 0.25) is 0 Å². The predicted molar refractivity (Wildman–Crippen MR) is 245 cm³/mol. The molecule has 0 spiro atoms. The summed E-state index contributed by atoms with van der Waals surface area (Å²) in [4.78, 5) is 92.4. The molecule has 0 saturated heterocycles. The Hall–Kier alpha value is -9.35. The van der Waals surface area contributed by atoms with Gasteiger partial charge in [0.2, 0.25) is 5.91 Å². The van der Waals surface area contributed by atoms with Crippen LogP contribution in [0.3, 0.4) is 0 Å². The lowest BCUT2D eigenvalue weighted by Crippen LogP contribution is -2.69. The zero-order chi connectivity index (χ0) is 50.2. The van der Waals surface area contributed by atoms with Crippen molar-refractivity contribution in [2.24, 2.45) is 34.4 Å². The molecule has 7 amide bonds. The summed E-state index contributed by atoms with van der Waals surface area (Å²) in [7, 11) is 0. The highest BCUT2D eigenvalue weighted by molar-refractivity contribution is 6.03. The molecule has 68 heavy (non-hydrogen) atoms. The number of aliphatic hydroxyl groups is 1. The molecule has 29 heteroatoms. The highest BCUT2D eigenvalue weighted by atomic mass is 16.3. The smallest absolute Gasteiger partial charge is 0.265 e. The van der Waals surface area contributed by atoms with Gasteiger partial charge in [-0.1, -0.05) is 78.9 Å². The van der Waals surface area contributed by atoms with E-state index in [-0.39, 0.29) is 12.1 Å². The molecular weight excluding hydrogens is 891 g/mol. The van der Waals surface area contributed by atoms with Crippen molar-refractivity contribution in [1.29, 1.82) is 21.6 Å². The van der Waals surface area contributed by atoms with Crippen molar-refractivity contribution in [2.75, 3.05) is 0 Å². The van der Waals surface area contributed by atoms with Crippen LogP contribution in [0.15, 0.2) is 84.9 Å². The number of rotatable bonds is 21. The van der Waals surface area contributed by atoms with Crippen LogP contribution in [0.1, 0.15) is 17.2 Å². The third-order valence-corrected chi connectivity index (χ3v) is 9.28. The van der Waals surface area contributed by atoms with E-state index in [1.807, 2.05) is 70.5 Å². The van der Waals surface area contributed by atoms with Gasteiger partial charge in [-0.15, -0.1) is 0 Å². The standard InChI is InChI=1S/C39H51N21O8/c40-23(24(41)61)52-30(63)25(57-36(42)43)54-32(65)27(59-38(46)47)56-33(66)28(60-39(48)49)55-31(64)26(58-37(44)45)53-29(62)22(16-8-2-1-3-9-16)51-35(68)34(67)50-15-21-19-12-6-4-10-17(19)14-18-11-5-7-13-20(18)21/h1-14,22-23,25-28,34,50,67H,15,40H2,(H2,41,61)(H,51,68)(H,52,63)(H,53,62)(H,54,65)(H,55,64)(H,56,66)(H4,42,43,57)(H4,44,45,58)(H4,46,47,59)(H4,48,49,60). The van der Waals surface area contributed by atoms with Gasteiger partial charge in [-0.2, -0.15) is 0 Å². The van der Waals surface area contributed by atoms with E-state index in [1.54, 1.807) is 18.2 Å². The first-order valence-electron chi connectivity index (χ1n) is 19.8. The first-order valence-corrected chi connectivity index (χ1v) is 19.8. The van der Waals surface area contributed by atoms with E-state index in [9.17, 15) is 38.7 Å². The molecule has 0 bridgehead atoms. The van der Waals surface area contributed by atoms with Gasteiger partial charge in [0.15, 0.2) is 60.9 Å². The average Bonchev–Trinajstić information content (AvgIpc) is 3.27. The van der Waals surface area contributed by atoms with Crippen molar-refractivity contribution in [2.45, 2.75) is 49.6 Å². The number of carbonyl (C=O) groups excluding carboxylic acids is 7. The average molecular weight is 942 g/mol. The molecule has 0 saturated carbocycles. The van der Waals surface area contributed by atoms with Gasteiger partial charge in [0.25, 0.3) is 35.4 Å². The molecule has 4 rings (SSSR count). The van der Waals surface area contributed by atoms with Gasteiger partial charge in [-0.3, -0.25) is 60.5 Å². The number of nitrogens with two attached hydrogens (primary N) is 6.